The van der Waals surface area contributed by atoms with Crippen molar-refractivity contribution in [3.63, 3.8) is 0 Å². The van der Waals surface area contributed by atoms with Gasteiger partial charge in [0.2, 0.25) is 0 Å². The third-order valence-corrected chi connectivity index (χ3v) is 3.26. The number of aryl methyl sites for hydroxylation is 1. The molecule has 1 aliphatic carbocycles. The molecule has 0 bridgehead atoms. The van der Waals surface area contributed by atoms with Crippen LogP contribution in [0, 0.1) is 6.92 Å². The van der Waals surface area contributed by atoms with Crippen molar-refractivity contribution in [2.45, 2.75) is 25.2 Å². The molecule has 1 aromatic heterocycles. The number of rotatable bonds is 2. The molecule has 2 rings (SSSR count). The molecule has 0 aromatic carbocycles. The van der Waals surface area contributed by atoms with Crippen molar-refractivity contribution in [1.29, 1.82) is 0 Å². The summed E-state index contributed by atoms with van der Waals surface area (Å²) in [6, 6.07) is 0. The van der Waals surface area contributed by atoms with E-state index in [-0.39, 0.29) is 4.87 Å². The number of carboxylic acids is 1. The number of hydrogen-bond acceptors (Lipinski definition) is 3. The monoisotopic (exact) mass is 199 g/mol. The molecule has 1 aliphatic rings. The largest absolute Gasteiger partial charge is 0.481 e. The molecule has 0 spiro atoms. The van der Waals surface area contributed by atoms with Gasteiger partial charge in [-0.05, 0) is 19.8 Å². The van der Waals surface area contributed by atoms with E-state index in [1.165, 1.54) is 0 Å². The number of carbonyl (C=O) groups is 1. The predicted molar refractivity (Wildman–Crippen MR) is 48.2 cm³/mol. The van der Waals surface area contributed by atoms with Crippen LogP contribution in [0.1, 0.15) is 23.4 Å². The zero-order valence-corrected chi connectivity index (χ0v) is 7.90. The second kappa shape index (κ2) is 2.45. The van der Waals surface area contributed by atoms with Crippen LogP contribution in [0.4, 0.5) is 0 Å². The van der Waals surface area contributed by atoms with Crippen LogP contribution < -0.4 is 4.87 Å². The molecule has 2 N–H and O–H groups in total. The molecule has 1 aromatic rings. The molecule has 0 saturated heterocycles. The van der Waals surface area contributed by atoms with Gasteiger partial charge >= 0.3 is 10.8 Å². The van der Waals surface area contributed by atoms with E-state index in [1.54, 1.807) is 6.92 Å². The topological polar surface area (TPSA) is 70.2 Å². The first-order valence-corrected chi connectivity index (χ1v) is 4.81. The minimum atomic E-state index is -0.829. The Kier molecular flexibility index (Phi) is 1.60. The Balaban J connectivity index is 2.52. The highest BCUT2D eigenvalue weighted by Gasteiger charge is 2.53. The summed E-state index contributed by atoms with van der Waals surface area (Å²) in [6.07, 6.45) is 1.27. The average Bonchev–Trinajstić information content (AvgIpc) is 2.75. The fourth-order valence-corrected chi connectivity index (χ4v) is 2.34. The lowest BCUT2D eigenvalue weighted by Crippen LogP contribution is -2.21. The molecular weight excluding hydrogens is 190 g/mol. The molecule has 1 fully saturated rings. The second-order valence-electron chi connectivity index (χ2n) is 3.33. The zero-order chi connectivity index (χ0) is 9.64. The van der Waals surface area contributed by atoms with E-state index in [9.17, 15) is 9.59 Å². The van der Waals surface area contributed by atoms with Gasteiger partial charge in [0.25, 0.3) is 0 Å². The summed E-state index contributed by atoms with van der Waals surface area (Å²) in [7, 11) is 0. The van der Waals surface area contributed by atoms with Crippen LogP contribution >= 0.6 is 11.3 Å². The molecule has 1 heterocycles. The predicted octanol–water partition coefficient (Wildman–Crippen LogP) is 0.861. The fourth-order valence-electron chi connectivity index (χ4n) is 1.56. The minimum absolute atomic E-state index is 0.167. The Morgan fingerprint density at radius 3 is 2.54 bits per heavy atom. The van der Waals surface area contributed by atoms with Crippen LogP contribution in [-0.2, 0) is 10.2 Å². The van der Waals surface area contributed by atoms with E-state index in [2.05, 4.69) is 4.98 Å². The molecule has 13 heavy (non-hydrogen) atoms. The maximum atomic E-state index is 11.0. The van der Waals surface area contributed by atoms with Crippen molar-refractivity contribution in [2.75, 3.05) is 0 Å². The van der Waals surface area contributed by atoms with E-state index in [1.807, 2.05) is 0 Å². The van der Waals surface area contributed by atoms with Gasteiger partial charge in [0.15, 0.2) is 0 Å². The van der Waals surface area contributed by atoms with Gasteiger partial charge in [-0.2, -0.15) is 0 Å². The number of nitrogens with one attached hydrogen (secondary N) is 1. The molecule has 0 radical (unpaired) electrons. The van der Waals surface area contributed by atoms with E-state index in [0.29, 0.717) is 18.5 Å². The number of H-pyrrole nitrogens is 1. The summed E-state index contributed by atoms with van der Waals surface area (Å²) in [5.41, 5.74) is -0.168. The number of aliphatic carboxylic acids is 1. The second-order valence-corrected chi connectivity index (χ2v) is 4.52. The van der Waals surface area contributed by atoms with Gasteiger partial charge in [0.1, 0.15) is 5.41 Å². The van der Waals surface area contributed by atoms with E-state index >= 15 is 0 Å². The Morgan fingerprint density at radius 1 is 1.62 bits per heavy atom. The first kappa shape index (κ1) is 8.50. The molecule has 0 aliphatic heterocycles. The summed E-state index contributed by atoms with van der Waals surface area (Å²) >= 11 is 1.08. The van der Waals surface area contributed by atoms with E-state index < -0.39 is 11.4 Å². The van der Waals surface area contributed by atoms with E-state index in [4.69, 9.17) is 5.11 Å². The zero-order valence-electron chi connectivity index (χ0n) is 7.09. The molecule has 0 amide bonds. The highest BCUT2D eigenvalue weighted by Crippen LogP contribution is 2.48. The molecule has 4 nitrogen and oxygen atoms in total. The van der Waals surface area contributed by atoms with Gasteiger partial charge < -0.3 is 10.1 Å². The number of aromatic nitrogens is 1. The lowest BCUT2D eigenvalue weighted by atomic mass is 10.0. The van der Waals surface area contributed by atoms with Crippen LogP contribution in [0.5, 0.6) is 0 Å². The van der Waals surface area contributed by atoms with Crippen LogP contribution in [-0.4, -0.2) is 16.1 Å². The van der Waals surface area contributed by atoms with Gasteiger partial charge in [-0.1, -0.05) is 11.3 Å². The number of carboxylic acid groups (broad SMARTS) is 1. The Hall–Kier alpha value is -1.10. The van der Waals surface area contributed by atoms with Gasteiger partial charge in [0.05, 0.1) is 0 Å². The molecule has 1 saturated carbocycles. The van der Waals surface area contributed by atoms with Crippen molar-refractivity contribution in [3.05, 3.63) is 20.2 Å². The smallest absolute Gasteiger partial charge is 0.315 e. The average molecular weight is 199 g/mol. The normalized spacial score (nSPS) is 18.5. The standard InChI is InChI=1S/C8H9NO3S/c1-4-5(9-7(12)13-4)8(2-3-8)6(10)11/h2-3H2,1H3,(H,9,12)(H,10,11). The van der Waals surface area contributed by atoms with Crippen molar-refractivity contribution in [2.24, 2.45) is 0 Å². The maximum Gasteiger partial charge on any atom is 0.315 e. The Morgan fingerprint density at radius 2 is 2.23 bits per heavy atom. The number of hydrogen-bond donors (Lipinski definition) is 2. The summed E-state index contributed by atoms with van der Waals surface area (Å²) in [4.78, 5) is 25.1. The quantitative estimate of drug-likeness (QED) is 0.742. The first-order valence-electron chi connectivity index (χ1n) is 4.00. The molecule has 70 valence electrons. The highest BCUT2D eigenvalue weighted by atomic mass is 32.1. The van der Waals surface area contributed by atoms with Crippen LogP contribution in [0.2, 0.25) is 0 Å². The van der Waals surface area contributed by atoms with Gasteiger partial charge in [-0.15, -0.1) is 0 Å². The van der Waals surface area contributed by atoms with Crippen molar-refractivity contribution in [3.8, 4) is 0 Å². The third-order valence-electron chi connectivity index (χ3n) is 2.46. The fraction of sp³-hybridized carbons (Fsp3) is 0.500. The molecular formula is C8H9NO3S. The summed E-state index contributed by atoms with van der Waals surface area (Å²) < 4.78 is 0. The minimum Gasteiger partial charge on any atom is -0.481 e. The molecule has 5 heteroatoms. The van der Waals surface area contributed by atoms with Gasteiger partial charge in [0, 0.05) is 10.6 Å². The van der Waals surface area contributed by atoms with E-state index in [0.717, 1.165) is 16.2 Å². The maximum absolute atomic E-state index is 11.0. The number of thiazole rings is 1. The first-order chi connectivity index (χ1) is 6.06. The van der Waals surface area contributed by atoms with Gasteiger partial charge in [-0.3, -0.25) is 9.59 Å². The van der Waals surface area contributed by atoms with Gasteiger partial charge in [-0.25, -0.2) is 0 Å². The van der Waals surface area contributed by atoms with Crippen LogP contribution in [0.15, 0.2) is 4.79 Å². The Labute approximate surface area is 78.2 Å². The van der Waals surface area contributed by atoms with Crippen molar-refractivity contribution < 1.29 is 9.90 Å². The summed E-state index contributed by atoms with van der Waals surface area (Å²) in [5, 5.41) is 8.97. The summed E-state index contributed by atoms with van der Waals surface area (Å²) in [5.74, 6) is -0.829. The summed E-state index contributed by atoms with van der Waals surface area (Å²) in [6.45, 7) is 1.78. The molecule has 0 unspecified atom stereocenters. The van der Waals surface area contributed by atoms with Crippen molar-refractivity contribution >= 4 is 17.3 Å². The highest BCUT2D eigenvalue weighted by molar-refractivity contribution is 7.09. The number of aromatic amines is 1. The van der Waals surface area contributed by atoms with Crippen molar-refractivity contribution in [1.82, 2.24) is 4.98 Å². The van der Waals surface area contributed by atoms with Crippen LogP contribution in [0.3, 0.4) is 0 Å². The lowest BCUT2D eigenvalue weighted by Gasteiger charge is -2.07. The molecule has 0 atom stereocenters. The lowest BCUT2D eigenvalue weighted by molar-refractivity contribution is -0.140. The van der Waals surface area contributed by atoms with Crippen LogP contribution in [0.25, 0.3) is 0 Å². The Bertz CT molecular complexity index is 413. The SMILES string of the molecule is Cc1sc(=O)[nH]c1C1(C(=O)O)CC1. The third kappa shape index (κ3) is 1.11.